The van der Waals surface area contributed by atoms with E-state index < -0.39 is 32.8 Å². The van der Waals surface area contributed by atoms with Crippen molar-refractivity contribution in [3.8, 4) is 0 Å². The van der Waals surface area contributed by atoms with Crippen molar-refractivity contribution in [1.29, 1.82) is 0 Å². The average molecular weight is 467 g/mol. The van der Waals surface area contributed by atoms with E-state index in [1.807, 2.05) is 6.92 Å². The Balaban J connectivity index is 1.79. The van der Waals surface area contributed by atoms with Gasteiger partial charge in [-0.3, -0.25) is 18.1 Å². The first kappa shape index (κ1) is 23.3. The van der Waals surface area contributed by atoms with Crippen molar-refractivity contribution in [3.63, 3.8) is 0 Å². The maximum absolute atomic E-state index is 12.9. The summed E-state index contributed by atoms with van der Waals surface area (Å²) < 4.78 is 52.5. The number of hydrogen-bond acceptors (Lipinski definition) is 7. The monoisotopic (exact) mass is 466 g/mol. The Kier molecular flexibility index (Phi) is 6.77. The molecule has 168 valence electrons. The number of nitrogens with one attached hydrogen (secondary N) is 1. The first-order valence-electron chi connectivity index (χ1n) is 9.67. The Labute approximate surface area is 184 Å². The molecule has 0 atom stereocenters. The fraction of sp³-hybridized carbons (Fsp3) is 0.286. The second kappa shape index (κ2) is 9.01. The van der Waals surface area contributed by atoms with Gasteiger partial charge in [-0.2, -0.15) is 8.42 Å². The number of benzene rings is 2. The lowest BCUT2D eigenvalue weighted by Crippen LogP contribution is -2.37. The highest BCUT2D eigenvalue weighted by molar-refractivity contribution is 8.31. The summed E-state index contributed by atoms with van der Waals surface area (Å²) in [6, 6.07) is 14.4. The van der Waals surface area contributed by atoms with Crippen molar-refractivity contribution < 1.29 is 26.5 Å². The highest BCUT2D eigenvalue weighted by atomic mass is 32.3. The second-order valence-electron chi connectivity index (χ2n) is 7.33. The van der Waals surface area contributed by atoms with Crippen LogP contribution in [0.25, 0.3) is 4.91 Å². The van der Waals surface area contributed by atoms with E-state index >= 15 is 0 Å². The third-order valence-corrected chi connectivity index (χ3v) is 8.10. The van der Waals surface area contributed by atoms with Crippen LogP contribution in [0.3, 0.4) is 0 Å². The summed E-state index contributed by atoms with van der Waals surface area (Å²) >= 11 is 0. The molecule has 0 spiro atoms. The van der Waals surface area contributed by atoms with Crippen LogP contribution in [0, 0.1) is 6.92 Å². The minimum atomic E-state index is -3.94. The standard InChI is InChI=1S/C21H26N2O6S2/c1-15(2)23-21(24)19(20(30(23,25)26)17-7-5-4-6-8-17)22-13-14-29-31(27,28)18-11-9-16(3)10-12-18/h4-12,15,22,25-26H,13-14H2,1-3H3. The molecule has 31 heavy (non-hydrogen) atoms. The van der Waals surface area contributed by atoms with Crippen molar-refractivity contribution in [1.82, 2.24) is 9.62 Å². The molecule has 0 bridgehead atoms. The largest absolute Gasteiger partial charge is 0.377 e. The third-order valence-electron chi connectivity index (χ3n) is 4.65. The molecular weight excluding hydrogens is 440 g/mol. The SMILES string of the molecule is Cc1ccc(S(=O)(=O)OCCNC2=C(c3ccccc3)S(O)(O)N(C(C)C)C2=O)cc1. The van der Waals surface area contributed by atoms with Gasteiger partial charge >= 0.3 is 0 Å². The highest BCUT2D eigenvalue weighted by Gasteiger charge is 2.45. The Hall–Kier alpha value is -2.37. The van der Waals surface area contributed by atoms with Crippen LogP contribution >= 0.6 is 10.8 Å². The van der Waals surface area contributed by atoms with Gasteiger partial charge in [0.2, 0.25) is 0 Å². The van der Waals surface area contributed by atoms with Crippen LogP contribution in [0.4, 0.5) is 0 Å². The van der Waals surface area contributed by atoms with E-state index in [9.17, 15) is 22.3 Å². The van der Waals surface area contributed by atoms with Gasteiger partial charge in [0.05, 0.1) is 11.5 Å². The van der Waals surface area contributed by atoms with Crippen LogP contribution < -0.4 is 5.32 Å². The molecule has 10 heteroatoms. The van der Waals surface area contributed by atoms with E-state index in [1.165, 1.54) is 12.1 Å². The van der Waals surface area contributed by atoms with Crippen molar-refractivity contribution in [2.24, 2.45) is 0 Å². The molecular formula is C21H26N2O6S2. The Morgan fingerprint density at radius 2 is 1.68 bits per heavy atom. The molecule has 2 aromatic rings. The lowest BCUT2D eigenvalue weighted by molar-refractivity contribution is -0.123. The number of carbonyl (C=O) groups is 1. The van der Waals surface area contributed by atoms with Crippen LogP contribution in [0.15, 0.2) is 65.2 Å². The topological polar surface area (TPSA) is 116 Å². The third kappa shape index (κ3) is 4.78. The maximum atomic E-state index is 12.9. The molecule has 0 aliphatic carbocycles. The molecule has 0 fully saturated rings. The van der Waals surface area contributed by atoms with E-state index in [0.29, 0.717) is 5.56 Å². The summed E-state index contributed by atoms with van der Waals surface area (Å²) in [5, 5.41) is 2.85. The molecule has 1 aliphatic heterocycles. The lowest BCUT2D eigenvalue weighted by atomic mass is 10.2. The number of amides is 1. The Morgan fingerprint density at radius 3 is 2.26 bits per heavy atom. The molecule has 0 unspecified atom stereocenters. The lowest BCUT2D eigenvalue weighted by Gasteiger charge is -2.40. The molecule has 3 rings (SSSR count). The van der Waals surface area contributed by atoms with Gasteiger partial charge in [-0.05, 0) is 32.9 Å². The van der Waals surface area contributed by atoms with Gasteiger partial charge in [-0.25, -0.2) is 4.31 Å². The van der Waals surface area contributed by atoms with E-state index in [0.717, 1.165) is 9.87 Å². The van der Waals surface area contributed by atoms with E-state index in [-0.39, 0.29) is 28.6 Å². The summed E-state index contributed by atoms with van der Waals surface area (Å²) in [4.78, 5) is 13.1. The van der Waals surface area contributed by atoms with E-state index in [2.05, 4.69) is 5.32 Å². The Morgan fingerprint density at radius 1 is 1.06 bits per heavy atom. The van der Waals surface area contributed by atoms with Gasteiger partial charge in [-0.1, -0.05) is 58.8 Å². The molecule has 1 amide bonds. The summed E-state index contributed by atoms with van der Waals surface area (Å²) in [7, 11) is -7.49. The zero-order valence-electron chi connectivity index (χ0n) is 17.5. The molecule has 0 aromatic heterocycles. The summed E-state index contributed by atoms with van der Waals surface area (Å²) in [6.45, 7) is 4.96. The number of rotatable bonds is 8. The van der Waals surface area contributed by atoms with Crippen LogP contribution in [0.2, 0.25) is 0 Å². The highest BCUT2D eigenvalue weighted by Crippen LogP contribution is 2.62. The smallest absolute Gasteiger partial charge is 0.297 e. The normalized spacial score (nSPS) is 17.4. The molecule has 0 saturated carbocycles. The van der Waals surface area contributed by atoms with Crippen LogP contribution in [-0.2, 0) is 19.1 Å². The summed E-state index contributed by atoms with van der Waals surface area (Å²) in [5.74, 6) is -0.560. The average Bonchev–Trinajstić information content (AvgIpc) is 2.91. The fourth-order valence-corrected chi connectivity index (χ4v) is 6.14. The number of carbonyl (C=O) groups excluding carboxylic acids is 1. The molecule has 0 radical (unpaired) electrons. The molecule has 1 heterocycles. The minimum absolute atomic E-state index is 0.0239. The minimum Gasteiger partial charge on any atom is -0.377 e. The predicted octanol–water partition coefficient (Wildman–Crippen LogP) is 3.57. The van der Waals surface area contributed by atoms with Gasteiger partial charge in [-0.15, -0.1) is 0 Å². The first-order chi connectivity index (χ1) is 14.6. The maximum Gasteiger partial charge on any atom is 0.297 e. The van der Waals surface area contributed by atoms with Gasteiger partial charge in [0, 0.05) is 18.2 Å². The van der Waals surface area contributed by atoms with Crippen LogP contribution in [0.1, 0.15) is 25.0 Å². The second-order valence-corrected chi connectivity index (χ2v) is 10.8. The van der Waals surface area contributed by atoms with Gasteiger partial charge in [0.1, 0.15) is 10.6 Å². The number of aryl methyl sites for hydroxylation is 1. The van der Waals surface area contributed by atoms with Crippen LogP contribution in [-0.4, -0.2) is 46.9 Å². The zero-order valence-corrected chi connectivity index (χ0v) is 19.1. The Bertz CT molecular complexity index is 1080. The molecule has 2 aromatic carbocycles. The first-order valence-corrected chi connectivity index (χ1v) is 12.6. The predicted molar refractivity (Wildman–Crippen MR) is 121 cm³/mol. The fourth-order valence-electron chi connectivity index (χ4n) is 3.23. The summed E-state index contributed by atoms with van der Waals surface area (Å²) in [5.41, 5.74) is 1.44. The zero-order chi connectivity index (χ0) is 22.8. The van der Waals surface area contributed by atoms with Crippen molar-refractivity contribution in [3.05, 3.63) is 71.4 Å². The van der Waals surface area contributed by atoms with Crippen molar-refractivity contribution >= 4 is 31.7 Å². The van der Waals surface area contributed by atoms with Gasteiger partial charge in [0.25, 0.3) is 16.0 Å². The molecule has 1 aliphatic rings. The van der Waals surface area contributed by atoms with E-state index in [1.54, 1.807) is 56.3 Å². The van der Waals surface area contributed by atoms with Crippen LogP contribution in [0.5, 0.6) is 0 Å². The number of nitrogens with zero attached hydrogens (tertiary/aromatic N) is 1. The molecule has 8 nitrogen and oxygen atoms in total. The molecule has 0 saturated heterocycles. The summed E-state index contributed by atoms with van der Waals surface area (Å²) in [6.07, 6.45) is 0. The van der Waals surface area contributed by atoms with Crippen molar-refractivity contribution in [2.75, 3.05) is 13.2 Å². The van der Waals surface area contributed by atoms with E-state index in [4.69, 9.17) is 4.18 Å². The van der Waals surface area contributed by atoms with Gasteiger partial charge in [0.15, 0.2) is 0 Å². The van der Waals surface area contributed by atoms with Crippen molar-refractivity contribution in [2.45, 2.75) is 31.7 Å². The quantitative estimate of drug-likeness (QED) is 0.402. The van der Waals surface area contributed by atoms with Gasteiger partial charge < -0.3 is 5.32 Å². The molecule has 3 N–H and O–H groups in total. The number of hydrogen-bond donors (Lipinski definition) is 3.